The third-order valence-corrected chi connectivity index (χ3v) is 3.86. The van der Waals surface area contributed by atoms with Crippen LogP contribution in [0.5, 0.6) is 0 Å². The molecule has 0 bridgehead atoms. The van der Waals surface area contributed by atoms with Crippen LogP contribution in [0.4, 0.5) is 0 Å². The maximum Gasteiger partial charge on any atom is 0.248 e. The predicted octanol–water partition coefficient (Wildman–Crippen LogP) is 0.829. The molecular formula is C14H26N2O3. The van der Waals surface area contributed by atoms with Crippen molar-refractivity contribution in [3.05, 3.63) is 0 Å². The van der Waals surface area contributed by atoms with Gasteiger partial charge in [-0.25, -0.2) is 0 Å². The fourth-order valence-electron chi connectivity index (χ4n) is 2.56. The Balaban J connectivity index is 1.58. The number of hydrogen-bond donors (Lipinski definition) is 2. The molecule has 2 rings (SSSR count). The highest BCUT2D eigenvalue weighted by Gasteiger charge is 2.20. The van der Waals surface area contributed by atoms with Crippen LogP contribution in [0.2, 0.25) is 0 Å². The van der Waals surface area contributed by atoms with Crippen molar-refractivity contribution in [2.45, 2.75) is 57.3 Å². The van der Waals surface area contributed by atoms with Crippen molar-refractivity contribution < 1.29 is 14.3 Å². The van der Waals surface area contributed by atoms with E-state index in [0.29, 0.717) is 19.2 Å². The quantitative estimate of drug-likeness (QED) is 0.750. The Morgan fingerprint density at radius 1 is 1.42 bits per heavy atom. The van der Waals surface area contributed by atoms with Crippen LogP contribution in [0, 0.1) is 0 Å². The number of carbonyl (C=O) groups is 1. The molecule has 0 aromatic carbocycles. The number of rotatable bonds is 6. The topological polar surface area (TPSA) is 59.6 Å². The zero-order valence-electron chi connectivity index (χ0n) is 11.8. The maximum absolute atomic E-state index is 11.9. The molecule has 3 atom stereocenters. The Morgan fingerprint density at radius 3 is 3.00 bits per heavy atom. The van der Waals surface area contributed by atoms with Crippen LogP contribution < -0.4 is 10.6 Å². The van der Waals surface area contributed by atoms with Gasteiger partial charge in [0.05, 0.1) is 12.7 Å². The Hall–Kier alpha value is -0.650. The summed E-state index contributed by atoms with van der Waals surface area (Å²) in [6.07, 6.45) is 5.49. The van der Waals surface area contributed by atoms with Crippen LogP contribution in [0.15, 0.2) is 0 Å². The standard InChI is InChI=1S/C14H26N2O3/c1-11(19-10-13-6-2-3-8-18-13)14(17)16-9-12-5-4-7-15-12/h11-13,15H,2-10H2,1H3,(H,16,17). The highest BCUT2D eigenvalue weighted by atomic mass is 16.5. The third kappa shape index (κ3) is 5.09. The molecule has 5 nitrogen and oxygen atoms in total. The van der Waals surface area contributed by atoms with Gasteiger partial charge in [0.1, 0.15) is 6.10 Å². The van der Waals surface area contributed by atoms with Crippen molar-refractivity contribution in [1.29, 1.82) is 0 Å². The smallest absolute Gasteiger partial charge is 0.248 e. The molecule has 2 N–H and O–H groups in total. The zero-order chi connectivity index (χ0) is 13.5. The average molecular weight is 270 g/mol. The second-order valence-corrected chi connectivity index (χ2v) is 5.50. The summed E-state index contributed by atoms with van der Waals surface area (Å²) in [4.78, 5) is 11.9. The van der Waals surface area contributed by atoms with Crippen molar-refractivity contribution in [1.82, 2.24) is 10.6 Å². The molecule has 0 saturated carbocycles. The largest absolute Gasteiger partial charge is 0.376 e. The lowest BCUT2D eigenvalue weighted by molar-refractivity contribution is -0.135. The normalized spacial score (nSPS) is 29.1. The van der Waals surface area contributed by atoms with E-state index < -0.39 is 6.10 Å². The number of nitrogens with one attached hydrogen (secondary N) is 2. The first kappa shape index (κ1) is 14.8. The fourth-order valence-corrected chi connectivity index (χ4v) is 2.56. The molecule has 0 spiro atoms. The van der Waals surface area contributed by atoms with E-state index in [1.54, 1.807) is 6.92 Å². The molecule has 0 aliphatic carbocycles. The molecule has 3 unspecified atom stereocenters. The molecule has 2 aliphatic rings. The molecule has 2 aliphatic heterocycles. The van der Waals surface area contributed by atoms with Gasteiger partial charge in [-0.3, -0.25) is 4.79 Å². The number of hydrogen-bond acceptors (Lipinski definition) is 4. The van der Waals surface area contributed by atoms with Crippen LogP contribution in [-0.4, -0.2) is 50.5 Å². The van der Waals surface area contributed by atoms with Gasteiger partial charge >= 0.3 is 0 Å². The van der Waals surface area contributed by atoms with Gasteiger partial charge in [-0.1, -0.05) is 0 Å². The lowest BCUT2D eigenvalue weighted by Gasteiger charge is -2.24. The average Bonchev–Trinajstić information content (AvgIpc) is 2.96. The Morgan fingerprint density at radius 2 is 2.32 bits per heavy atom. The van der Waals surface area contributed by atoms with Gasteiger partial charge in [-0.05, 0) is 45.6 Å². The monoisotopic (exact) mass is 270 g/mol. The summed E-state index contributed by atoms with van der Waals surface area (Å²) in [5.74, 6) is -0.0236. The lowest BCUT2D eigenvalue weighted by Crippen LogP contribution is -2.42. The van der Waals surface area contributed by atoms with Crippen molar-refractivity contribution in [2.75, 3.05) is 26.3 Å². The van der Waals surface area contributed by atoms with E-state index in [4.69, 9.17) is 9.47 Å². The van der Waals surface area contributed by atoms with Crippen LogP contribution in [0.25, 0.3) is 0 Å². The van der Waals surface area contributed by atoms with E-state index in [1.165, 1.54) is 12.8 Å². The van der Waals surface area contributed by atoms with E-state index in [0.717, 1.165) is 32.4 Å². The molecule has 2 fully saturated rings. The van der Waals surface area contributed by atoms with Gasteiger partial charge in [-0.2, -0.15) is 0 Å². The summed E-state index contributed by atoms with van der Waals surface area (Å²) in [6.45, 7) is 4.91. The second kappa shape index (κ2) is 7.82. The molecular weight excluding hydrogens is 244 g/mol. The van der Waals surface area contributed by atoms with Gasteiger partial charge in [0.2, 0.25) is 5.91 Å². The van der Waals surface area contributed by atoms with Gasteiger partial charge in [-0.15, -0.1) is 0 Å². The molecule has 0 aromatic heterocycles. The molecule has 2 heterocycles. The summed E-state index contributed by atoms with van der Waals surface area (Å²) in [7, 11) is 0. The SMILES string of the molecule is CC(OCC1CCCCO1)C(=O)NCC1CCCN1. The Kier molecular flexibility index (Phi) is 6.07. The van der Waals surface area contributed by atoms with Crippen LogP contribution in [0.3, 0.4) is 0 Å². The minimum Gasteiger partial charge on any atom is -0.376 e. The van der Waals surface area contributed by atoms with Crippen LogP contribution >= 0.6 is 0 Å². The molecule has 0 radical (unpaired) electrons. The third-order valence-electron chi connectivity index (χ3n) is 3.86. The van der Waals surface area contributed by atoms with E-state index in [1.807, 2.05) is 0 Å². The second-order valence-electron chi connectivity index (χ2n) is 5.50. The summed E-state index contributed by atoms with van der Waals surface area (Å²) in [6, 6.07) is 0.429. The highest BCUT2D eigenvalue weighted by Crippen LogP contribution is 2.13. The van der Waals surface area contributed by atoms with E-state index >= 15 is 0 Å². The zero-order valence-corrected chi connectivity index (χ0v) is 11.8. The Labute approximate surface area is 115 Å². The molecule has 0 aromatic rings. The summed E-state index contributed by atoms with van der Waals surface area (Å²) in [5.41, 5.74) is 0. The van der Waals surface area contributed by atoms with Crippen molar-refractivity contribution in [3.63, 3.8) is 0 Å². The van der Waals surface area contributed by atoms with Gasteiger partial charge in [0, 0.05) is 19.2 Å². The maximum atomic E-state index is 11.9. The fraction of sp³-hybridized carbons (Fsp3) is 0.929. The number of ether oxygens (including phenoxy) is 2. The first-order chi connectivity index (χ1) is 9.25. The van der Waals surface area contributed by atoms with Gasteiger partial charge in [0.25, 0.3) is 0 Å². The van der Waals surface area contributed by atoms with Crippen molar-refractivity contribution >= 4 is 5.91 Å². The molecule has 2 saturated heterocycles. The first-order valence-corrected chi connectivity index (χ1v) is 7.50. The predicted molar refractivity (Wildman–Crippen MR) is 73.0 cm³/mol. The minimum atomic E-state index is -0.396. The lowest BCUT2D eigenvalue weighted by atomic mass is 10.1. The number of amides is 1. The summed E-state index contributed by atoms with van der Waals surface area (Å²) in [5, 5.41) is 6.30. The molecule has 19 heavy (non-hydrogen) atoms. The van der Waals surface area contributed by atoms with Gasteiger partial charge in [0.15, 0.2) is 0 Å². The van der Waals surface area contributed by atoms with Gasteiger partial charge < -0.3 is 20.1 Å². The first-order valence-electron chi connectivity index (χ1n) is 7.50. The number of carbonyl (C=O) groups excluding carboxylic acids is 1. The molecule has 5 heteroatoms. The molecule has 1 amide bonds. The van der Waals surface area contributed by atoms with Crippen molar-refractivity contribution in [2.24, 2.45) is 0 Å². The molecule has 110 valence electrons. The summed E-state index contributed by atoms with van der Waals surface area (Å²) >= 11 is 0. The highest BCUT2D eigenvalue weighted by molar-refractivity contribution is 5.80. The Bertz CT molecular complexity index is 274. The van der Waals surface area contributed by atoms with E-state index in [9.17, 15) is 4.79 Å². The van der Waals surface area contributed by atoms with Crippen molar-refractivity contribution in [3.8, 4) is 0 Å². The van der Waals surface area contributed by atoms with Crippen LogP contribution in [-0.2, 0) is 14.3 Å². The minimum absolute atomic E-state index is 0.0236. The van der Waals surface area contributed by atoms with E-state index in [-0.39, 0.29) is 12.0 Å². The summed E-state index contributed by atoms with van der Waals surface area (Å²) < 4.78 is 11.2. The van der Waals surface area contributed by atoms with Crippen LogP contribution in [0.1, 0.15) is 39.0 Å². The van der Waals surface area contributed by atoms with E-state index in [2.05, 4.69) is 10.6 Å².